The third-order valence-corrected chi connectivity index (χ3v) is 7.66. The minimum atomic E-state index is -0.706. The normalized spacial score (nSPS) is 24.4. The molecule has 192 valence electrons. The number of fused-ring (bicyclic) bond motifs is 1. The van der Waals surface area contributed by atoms with Crippen molar-refractivity contribution >= 4 is 17.3 Å². The highest BCUT2D eigenvalue weighted by Crippen LogP contribution is 2.43. The molecule has 4 rings (SSSR count). The molecule has 0 spiro atoms. The first-order valence-electron chi connectivity index (χ1n) is 13.4. The molecule has 0 amide bonds. The second kappa shape index (κ2) is 13.1. The molecule has 0 unspecified atom stereocenters. The summed E-state index contributed by atoms with van der Waals surface area (Å²) < 4.78 is 12.0. The van der Waals surface area contributed by atoms with Gasteiger partial charge in [0.1, 0.15) is 11.9 Å². The third kappa shape index (κ3) is 6.57. The van der Waals surface area contributed by atoms with E-state index in [1.165, 1.54) is 5.71 Å². The summed E-state index contributed by atoms with van der Waals surface area (Å²) in [4.78, 5) is 31.7. The SMILES string of the molecule is COCCCCC(=O)C[C@@H]1[C@H](O[C@H](C(=O)c2ccccc2)c2ccccc2)[C@@H](C)CC2=NCCC[C@H]21. The Hall–Kier alpha value is -2.63. The topological polar surface area (TPSA) is 65.0 Å². The van der Waals surface area contributed by atoms with Crippen LogP contribution in [0.3, 0.4) is 0 Å². The monoisotopic (exact) mass is 489 g/mol. The van der Waals surface area contributed by atoms with Crippen molar-refractivity contribution in [3.8, 4) is 0 Å². The van der Waals surface area contributed by atoms with Crippen molar-refractivity contribution in [3.63, 3.8) is 0 Å². The molecule has 5 heteroatoms. The Morgan fingerprint density at radius 3 is 2.47 bits per heavy atom. The molecule has 1 saturated carbocycles. The van der Waals surface area contributed by atoms with Crippen LogP contribution in [0.1, 0.15) is 73.9 Å². The first-order chi connectivity index (χ1) is 17.6. The van der Waals surface area contributed by atoms with Gasteiger partial charge in [0, 0.05) is 56.2 Å². The van der Waals surface area contributed by atoms with Crippen molar-refractivity contribution in [2.75, 3.05) is 20.3 Å². The molecular weight excluding hydrogens is 450 g/mol. The number of Topliss-reactive ketones (excluding diaryl/α,β-unsaturated/α-hetero) is 2. The first-order valence-corrected chi connectivity index (χ1v) is 13.4. The molecule has 0 N–H and O–H groups in total. The number of unbranched alkanes of at least 4 members (excludes halogenated alkanes) is 1. The van der Waals surface area contributed by atoms with Gasteiger partial charge in [-0.25, -0.2) is 0 Å². The third-order valence-electron chi connectivity index (χ3n) is 7.66. The number of hydrogen-bond acceptors (Lipinski definition) is 5. The van der Waals surface area contributed by atoms with E-state index < -0.39 is 6.10 Å². The number of rotatable bonds is 12. The molecule has 0 aromatic heterocycles. The summed E-state index contributed by atoms with van der Waals surface area (Å²) in [5, 5.41) is 0. The molecule has 0 radical (unpaired) electrons. The zero-order valence-corrected chi connectivity index (χ0v) is 21.6. The number of ether oxygens (including phenoxy) is 2. The van der Waals surface area contributed by atoms with Gasteiger partial charge in [-0.2, -0.15) is 0 Å². The molecule has 5 atom stereocenters. The molecule has 2 aromatic rings. The van der Waals surface area contributed by atoms with E-state index in [4.69, 9.17) is 14.5 Å². The predicted molar refractivity (Wildman–Crippen MR) is 142 cm³/mol. The summed E-state index contributed by atoms with van der Waals surface area (Å²) in [5.41, 5.74) is 2.74. The average molecular weight is 490 g/mol. The van der Waals surface area contributed by atoms with Gasteiger partial charge in [-0.15, -0.1) is 0 Å². The summed E-state index contributed by atoms with van der Waals surface area (Å²) >= 11 is 0. The van der Waals surface area contributed by atoms with Crippen LogP contribution in [0, 0.1) is 17.8 Å². The number of methoxy groups -OCH3 is 1. The van der Waals surface area contributed by atoms with Gasteiger partial charge in [-0.05, 0) is 43.6 Å². The Morgan fingerprint density at radius 2 is 1.75 bits per heavy atom. The number of ketones is 2. The van der Waals surface area contributed by atoms with E-state index in [2.05, 4.69) is 6.92 Å². The van der Waals surface area contributed by atoms with Gasteiger partial charge in [0.2, 0.25) is 0 Å². The van der Waals surface area contributed by atoms with Crippen LogP contribution in [0.25, 0.3) is 0 Å². The van der Waals surface area contributed by atoms with E-state index in [0.29, 0.717) is 25.0 Å². The number of carbonyl (C=O) groups is 2. The fourth-order valence-electron chi connectivity index (χ4n) is 5.85. The smallest absolute Gasteiger partial charge is 0.196 e. The summed E-state index contributed by atoms with van der Waals surface area (Å²) in [5.74, 6) is 0.707. The number of aliphatic imine (C=N–C) groups is 1. The van der Waals surface area contributed by atoms with E-state index in [0.717, 1.165) is 44.2 Å². The fourth-order valence-corrected chi connectivity index (χ4v) is 5.85. The van der Waals surface area contributed by atoms with Crippen LogP contribution >= 0.6 is 0 Å². The van der Waals surface area contributed by atoms with Crippen LogP contribution in [-0.4, -0.2) is 43.6 Å². The summed E-state index contributed by atoms with van der Waals surface area (Å²) in [6.07, 6.45) is 4.82. The van der Waals surface area contributed by atoms with Crippen molar-refractivity contribution < 1.29 is 19.1 Å². The Bertz CT molecular complexity index is 1020. The van der Waals surface area contributed by atoms with E-state index in [-0.39, 0.29) is 35.4 Å². The van der Waals surface area contributed by atoms with Gasteiger partial charge in [-0.3, -0.25) is 14.6 Å². The molecule has 1 aliphatic heterocycles. The molecular formula is C31H39NO4. The van der Waals surface area contributed by atoms with Gasteiger partial charge < -0.3 is 9.47 Å². The van der Waals surface area contributed by atoms with E-state index >= 15 is 0 Å². The quantitative estimate of drug-likeness (QED) is 0.260. The van der Waals surface area contributed by atoms with E-state index in [1.807, 2.05) is 60.7 Å². The average Bonchev–Trinajstić information content (AvgIpc) is 2.91. The molecule has 2 aromatic carbocycles. The van der Waals surface area contributed by atoms with Gasteiger partial charge in [-0.1, -0.05) is 67.6 Å². The molecule has 1 heterocycles. The van der Waals surface area contributed by atoms with Crippen molar-refractivity contribution in [1.29, 1.82) is 0 Å². The molecule has 36 heavy (non-hydrogen) atoms. The second-order valence-electron chi connectivity index (χ2n) is 10.3. The maximum Gasteiger partial charge on any atom is 0.196 e. The highest BCUT2D eigenvalue weighted by atomic mass is 16.5. The largest absolute Gasteiger partial charge is 0.385 e. The lowest BCUT2D eigenvalue weighted by atomic mass is 9.66. The lowest BCUT2D eigenvalue weighted by molar-refractivity contribution is -0.125. The highest BCUT2D eigenvalue weighted by Gasteiger charge is 2.44. The van der Waals surface area contributed by atoms with Crippen LogP contribution < -0.4 is 0 Å². The van der Waals surface area contributed by atoms with Crippen LogP contribution in [0.5, 0.6) is 0 Å². The second-order valence-corrected chi connectivity index (χ2v) is 10.3. The Labute approximate surface area is 215 Å². The van der Waals surface area contributed by atoms with Crippen LogP contribution in [0.15, 0.2) is 65.7 Å². The Balaban J connectivity index is 1.60. The zero-order chi connectivity index (χ0) is 25.3. The zero-order valence-electron chi connectivity index (χ0n) is 21.6. The standard InChI is InChI=1S/C31H39NO4/c1-22-20-28-26(17-11-18-32-28)27(21-25(33)16-9-10-19-35-2)30(22)36-31(24-14-7-4-8-15-24)29(34)23-12-5-3-6-13-23/h3-8,12-15,22,26-27,30-31H,9-11,16-21H2,1-2H3/t22-,26-,27-,30+,31-/m0/s1. The minimum Gasteiger partial charge on any atom is -0.385 e. The Kier molecular flexibility index (Phi) is 9.60. The number of nitrogens with zero attached hydrogens (tertiary/aromatic N) is 1. The Morgan fingerprint density at radius 1 is 1.03 bits per heavy atom. The van der Waals surface area contributed by atoms with Crippen LogP contribution in [-0.2, 0) is 14.3 Å². The number of hydrogen-bond donors (Lipinski definition) is 0. The van der Waals surface area contributed by atoms with E-state index in [1.54, 1.807) is 7.11 Å². The number of carbonyl (C=O) groups excluding carboxylic acids is 2. The maximum atomic E-state index is 13.7. The number of benzene rings is 2. The highest BCUT2D eigenvalue weighted by molar-refractivity contribution is 6.00. The molecule has 1 aliphatic carbocycles. The molecule has 0 bridgehead atoms. The summed E-state index contributed by atoms with van der Waals surface area (Å²) in [6.45, 7) is 3.74. The van der Waals surface area contributed by atoms with Gasteiger partial charge in [0.25, 0.3) is 0 Å². The molecule has 2 aliphatic rings. The maximum absolute atomic E-state index is 13.7. The molecule has 0 saturated heterocycles. The van der Waals surface area contributed by atoms with Crippen molar-refractivity contribution in [3.05, 3.63) is 71.8 Å². The van der Waals surface area contributed by atoms with Crippen LogP contribution in [0.4, 0.5) is 0 Å². The van der Waals surface area contributed by atoms with Gasteiger partial charge in [0.15, 0.2) is 5.78 Å². The fraction of sp³-hybridized carbons (Fsp3) is 0.516. The van der Waals surface area contributed by atoms with Crippen LogP contribution in [0.2, 0.25) is 0 Å². The lowest BCUT2D eigenvalue weighted by Gasteiger charge is -2.45. The van der Waals surface area contributed by atoms with Crippen molar-refractivity contribution in [1.82, 2.24) is 0 Å². The molecule has 1 fully saturated rings. The molecule has 5 nitrogen and oxygen atoms in total. The predicted octanol–water partition coefficient (Wildman–Crippen LogP) is 6.28. The van der Waals surface area contributed by atoms with E-state index in [9.17, 15) is 9.59 Å². The summed E-state index contributed by atoms with van der Waals surface area (Å²) in [7, 11) is 1.69. The first kappa shape index (κ1) is 26.4. The minimum absolute atomic E-state index is 0.0394. The van der Waals surface area contributed by atoms with Gasteiger partial charge in [0.05, 0.1) is 6.10 Å². The summed E-state index contributed by atoms with van der Waals surface area (Å²) in [6, 6.07) is 19.1. The lowest BCUT2D eigenvalue weighted by Crippen LogP contribution is -2.47. The van der Waals surface area contributed by atoms with Gasteiger partial charge >= 0.3 is 0 Å². The van der Waals surface area contributed by atoms with Crippen molar-refractivity contribution in [2.24, 2.45) is 22.7 Å². The van der Waals surface area contributed by atoms with Crippen molar-refractivity contribution in [2.45, 2.75) is 64.1 Å².